The van der Waals surface area contributed by atoms with Gasteiger partial charge in [-0.15, -0.1) is 0 Å². The molecule has 0 unspecified atom stereocenters. The molecule has 0 amide bonds. The first-order valence-corrected chi connectivity index (χ1v) is 6.42. The highest BCUT2D eigenvalue weighted by Crippen LogP contribution is 2.31. The van der Waals surface area contributed by atoms with Gasteiger partial charge in [-0.2, -0.15) is 0 Å². The van der Waals surface area contributed by atoms with Crippen molar-refractivity contribution < 1.29 is 19.4 Å². The number of hydrogen-bond acceptors (Lipinski definition) is 3. The molecule has 2 rings (SSSR count). The molecule has 0 fully saturated rings. The number of benzene rings is 2. The molecule has 0 spiro atoms. The molecule has 20 heavy (non-hydrogen) atoms. The summed E-state index contributed by atoms with van der Waals surface area (Å²) in [6, 6.07) is 11.6. The maximum atomic E-state index is 11.2. The van der Waals surface area contributed by atoms with Crippen molar-refractivity contribution in [3.63, 3.8) is 0 Å². The molecular formula is C15H13ClO4. The predicted molar refractivity (Wildman–Crippen MR) is 76.1 cm³/mol. The quantitative estimate of drug-likeness (QED) is 0.896. The molecule has 0 aromatic heterocycles. The van der Waals surface area contributed by atoms with E-state index in [1.165, 1.54) is 6.07 Å². The van der Waals surface area contributed by atoms with Gasteiger partial charge in [-0.1, -0.05) is 17.7 Å². The number of halogens is 1. The van der Waals surface area contributed by atoms with Gasteiger partial charge < -0.3 is 14.6 Å². The molecule has 0 aliphatic rings. The summed E-state index contributed by atoms with van der Waals surface area (Å²) in [6.45, 7) is 2.48. The SMILES string of the molecule is CCOc1ccc(Oc2cccc(Cl)c2C(=O)O)cc1. The van der Waals surface area contributed by atoms with Crippen molar-refractivity contribution in [3.8, 4) is 17.2 Å². The number of ether oxygens (including phenoxy) is 2. The van der Waals surface area contributed by atoms with Gasteiger partial charge in [0.15, 0.2) is 0 Å². The van der Waals surface area contributed by atoms with E-state index < -0.39 is 5.97 Å². The Balaban J connectivity index is 2.26. The van der Waals surface area contributed by atoms with Crippen LogP contribution in [0, 0.1) is 0 Å². The van der Waals surface area contributed by atoms with Crippen molar-refractivity contribution in [3.05, 3.63) is 53.1 Å². The maximum absolute atomic E-state index is 11.2. The van der Waals surface area contributed by atoms with E-state index in [4.69, 9.17) is 26.2 Å². The standard InChI is InChI=1S/C15H13ClO4/c1-2-19-10-6-8-11(9-7-10)20-13-5-3-4-12(16)14(13)15(17)18/h3-9H,2H2,1H3,(H,17,18). The Bertz CT molecular complexity index is 608. The molecule has 104 valence electrons. The molecule has 0 atom stereocenters. The highest BCUT2D eigenvalue weighted by Gasteiger charge is 2.16. The van der Waals surface area contributed by atoms with Crippen LogP contribution in [0.3, 0.4) is 0 Å². The van der Waals surface area contributed by atoms with E-state index in [2.05, 4.69) is 0 Å². The highest BCUT2D eigenvalue weighted by molar-refractivity contribution is 6.33. The van der Waals surface area contributed by atoms with Crippen molar-refractivity contribution in [1.82, 2.24) is 0 Å². The molecule has 1 N–H and O–H groups in total. The van der Waals surface area contributed by atoms with Crippen LogP contribution < -0.4 is 9.47 Å². The molecule has 0 aliphatic carbocycles. The van der Waals surface area contributed by atoms with E-state index in [1.54, 1.807) is 36.4 Å². The van der Waals surface area contributed by atoms with Crippen LogP contribution >= 0.6 is 11.6 Å². The minimum absolute atomic E-state index is 0.0527. The lowest BCUT2D eigenvalue weighted by Gasteiger charge is -2.10. The largest absolute Gasteiger partial charge is 0.494 e. The topological polar surface area (TPSA) is 55.8 Å². The van der Waals surface area contributed by atoms with Crippen molar-refractivity contribution in [2.24, 2.45) is 0 Å². The van der Waals surface area contributed by atoms with Gasteiger partial charge in [0.05, 0.1) is 11.6 Å². The average Bonchev–Trinajstić information content (AvgIpc) is 2.41. The Kier molecular flexibility index (Phi) is 4.48. The Morgan fingerprint density at radius 2 is 1.80 bits per heavy atom. The molecular weight excluding hydrogens is 280 g/mol. The normalized spacial score (nSPS) is 10.1. The van der Waals surface area contributed by atoms with Crippen LogP contribution in [0.15, 0.2) is 42.5 Å². The summed E-state index contributed by atoms with van der Waals surface area (Å²) in [5.74, 6) is 0.313. The number of hydrogen-bond donors (Lipinski definition) is 1. The second-order valence-electron chi connectivity index (χ2n) is 3.92. The van der Waals surface area contributed by atoms with Crippen molar-refractivity contribution >= 4 is 17.6 Å². The molecule has 0 heterocycles. The summed E-state index contributed by atoms with van der Waals surface area (Å²) >= 11 is 5.88. The Morgan fingerprint density at radius 1 is 1.15 bits per heavy atom. The lowest BCUT2D eigenvalue weighted by molar-refractivity contribution is 0.0694. The Morgan fingerprint density at radius 3 is 2.40 bits per heavy atom. The van der Waals surface area contributed by atoms with Crippen LogP contribution in [0.2, 0.25) is 5.02 Å². The molecule has 4 nitrogen and oxygen atoms in total. The van der Waals surface area contributed by atoms with Gasteiger partial charge in [-0.05, 0) is 43.3 Å². The van der Waals surface area contributed by atoms with Gasteiger partial charge in [-0.25, -0.2) is 4.79 Å². The second-order valence-corrected chi connectivity index (χ2v) is 4.33. The van der Waals surface area contributed by atoms with Crippen LogP contribution in [0.4, 0.5) is 0 Å². The van der Waals surface area contributed by atoms with Gasteiger partial charge in [0.1, 0.15) is 22.8 Å². The molecule has 0 bridgehead atoms. The van der Waals surface area contributed by atoms with E-state index in [0.29, 0.717) is 12.4 Å². The molecule has 0 aliphatic heterocycles. The van der Waals surface area contributed by atoms with Crippen LogP contribution in [-0.2, 0) is 0 Å². The van der Waals surface area contributed by atoms with Gasteiger partial charge >= 0.3 is 5.97 Å². The van der Waals surface area contributed by atoms with E-state index >= 15 is 0 Å². The van der Waals surface area contributed by atoms with Gasteiger partial charge in [0.2, 0.25) is 0 Å². The third kappa shape index (κ3) is 3.22. The van der Waals surface area contributed by atoms with Crippen molar-refractivity contribution in [1.29, 1.82) is 0 Å². The summed E-state index contributed by atoms with van der Waals surface area (Å²) < 4.78 is 10.9. The maximum Gasteiger partial charge on any atom is 0.341 e. The van der Waals surface area contributed by atoms with E-state index in [9.17, 15) is 4.79 Å². The fourth-order valence-corrected chi connectivity index (χ4v) is 1.94. The number of carboxylic acid groups (broad SMARTS) is 1. The molecule has 5 heteroatoms. The number of carboxylic acids is 1. The van der Waals surface area contributed by atoms with E-state index in [1.807, 2.05) is 6.92 Å². The lowest BCUT2D eigenvalue weighted by atomic mass is 10.2. The third-order valence-electron chi connectivity index (χ3n) is 2.55. The van der Waals surface area contributed by atoms with Crippen LogP contribution in [0.5, 0.6) is 17.2 Å². The van der Waals surface area contributed by atoms with Crippen LogP contribution in [0.25, 0.3) is 0 Å². The first-order valence-electron chi connectivity index (χ1n) is 6.04. The minimum Gasteiger partial charge on any atom is -0.494 e. The number of aromatic carboxylic acids is 1. The summed E-state index contributed by atoms with van der Waals surface area (Å²) in [6.07, 6.45) is 0. The van der Waals surface area contributed by atoms with Crippen molar-refractivity contribution in [2.75, 3.05) is 6.61 Å². The Labute approximate surface area is 121 Å². The Hall–Kier alpha value is -2.20. The van der Waals surface area contributed by atoms with Crippen LogP contribution in [-0.4, -0.2) is 17.7 Å². The number of rotatable bonds is 5. The first-order chi connectivity index (χ1) is 9.61. The second kappa shape index (κ2) is 6.30. The molecule has 2 aromatic carbocycles. The van der Waals surface area contributed by atoms with Gasteiger partial charge in [0, 0.05) is 0 Å². The fraction of sp³-hybridized carbons (Fsp3) is 0.133. The smallest absolute Gasteiger partial charge is 0.341 e. The summed E-state index contributed by atoms with van der Waals surface area (Å²) in [7, 11) is 0. The van der Waals surface area contributed by atoms with E-state index in [-0.39, 0.29) is 16.3 Å². The average molecular weight is 293 g/mol. The fourth-order valence-electron chi connectivity index (χ4n) is 1.69. The zero-order chi connectivity index (χ0) is 14.5. The third-order valence-corrected chi connectivity index (χ3v) is 2.87. The number of carbonyl (C=O) groups is 1. The summed E-state index contributed by atoms with van der Waals surface area (Å²) in [5, 5.41) is 9.29. The summed E-state index contributed by atoms with van der Waals surface area (Å²) in [5.41, 5.74) is -0.0527. The first kappa shape index (κ1) is 14.2. The van der Waals surface area contributed by atoms with Gasteiger partial charge in [-0.3, -0.25) is 0 Å². The predicted octanol–water partition coefficient (Wildman–Crippen LogP) is 4.23. The molecule has 0 saturated heterocycles. The lowest BCUT2D eigenvalue weighted by Crippen LogP contribution is -2.01. The monoisotopic (exact) mass is 292 g/mol. The van der Waals surface area contributed by atoms with Crippen molar-refractivity contribution in [2.45, 2.75) is 6.92 Å². The highest BCUT2D eigenvalue weighted by atomic mass is 35.5. The molecule has 2 aromatic rings. The van der Waals surface area contributed by atoms with Gasteiger partial charge in [0.25, 0.3) is 0 Å². The zero-order valence-corrected chi connectivity index (χ0v) is 11.6. The zero-order valence-electron chi connectivity index (χ0n) is 10.8. The summed E-state index contributed by atoms with van der Waals surface area (Å²) in [4.78, 5) is 11.2. The van der Waals surface area contributed by atoms with E-state index in [0.717, 1.165) is 5.75 Å². The molecule has 0 saturated carbocycles. The molecule has 0 radical (unpaired) electrons. The van der Waals surface area contributed by atoms with Crippen LogP contribution in [0.1, 0.15) is 17.3 Å². The minimum atomic E-state index is -1.13.